The number of anilines is 1. The second kappa shape index (κ2) is 11.2. The topological polar surface area (TPSA) is 126 Å². The van der Waals surface area contributed by atoms with Crippen molar-refractivity contribution >= 4 is 44.6 Å². The molecular formula is C26H32ClFN6O4S. The third kappa shape index (κ3) is 7.11. The minimum absolute atomic E-state index is 0.0269. The number of carbonyl (C=O) groups is 1. The van der Waals surface area contributed by atoms with Crippen molar-refractivity contribution in [3.63, 3.8) is 0 Å². The van der Waals surface area contributed by atoms with Crippen LogP contribution in [0.4, 0.5) is 15.1 Å². The Morgan fingerprint density at radius 1 is 1.23 bits per heavy atom. The number of piperidine rings is 1. The van der Waals surface area contributed by atoms with E-state index in [-0.39, 0.29) is 16.6 Å². The fraction of sp³-hybridized carbons (Fsp3) is 0.462. The number of sulfonamides is 1. The molecule has 39 heavy (non-hydrogen) atoms. The summed E-state index contributed by atoms with van der Waals surface area (Å²) in [5.74, 6) is -0.259. The quantitative estimate of drug-likeness (QED) is 0.423. The number of nitrogens with one attached hydrogen (secondary N) is 2. The van der Waals surface area contributed by atoms with E-state index >= 15 is 4.39 Å². The zero-order valence-corrected chi connectivity index (χ0v) is 24.0. The van der Waals surface area contributed by atoms with Crippen LogP contribution >= 0.6 is 11.6 Å². The number of halogens is 2. The first kappa shape index (κ1) is 28.9. The zero-order valence-electron chi connectivity index (χ0n) is 22.5. The van der Waals surface area contributed by atoms with E-state index in [1.165, 1.54) is 29.0 Å². The van der Waals surface area contributed by atoms with E-state index in [0.717, 1.165) is 0 Å². The van der Waals surface area contributed by atoms with Crippen molar-refractivity contribution in [2.45, 2.75) is 58.2 Å². The molecule has 1 unspecified atom stereocenters. The van der Waals surface area contributed by atoms with Gasteiger partial charge in [0.2, 0.25) is 16.0 Å². The van der Waals surface area contributed by atoms with Crippen LogP contribution < -0.4 is 10.6 Å². The van der Waals surface area contributed by atoms with E-state index in [9.17, 15) is 13.2 Å². The van der Waals surface area contributed by atoms with Gasteiger partial charge in [0.25, 0.3) is 0 Å². The highest BCUT2D eigenvalue weighted by Crippen LogP contribution is 2.33. The SMILES string of the molecule is CC(NC(=O)OC(C)(C)C)c1ccnc2c(F)cc(-c3nc(NC4CCN(S(C)(=O)=O)CC4)ncc3Cl)cc12. The number of aromatic nitrogens is 3. The van der Waals surface area contributed by atoms with Crippen LogP contribution in [0.3, 0.4) is 0 Å². The van der Waals surface area contributed by atoms with Crippen LogP contribution in [0, 0.1) is 5.82 Å². The van der Waals surface area contributed by atoms with E-state index in [1.807, 2.05) is 0 Å². The Hall–Kier alpha value is -3.09. The van der Waals surface area contributed by atoms with Gasteiger partial charge in [0.15, 0.2) is 0 Å². The fourth-order valence-electron chi connectivity index (χ4n) is 4.46. The molecular weight excluding hydrogens is 547 g/mol. The van der Waals surface area contributed by atoms with Gasteiger partial charge in [-0.25, -0.2) is 31.9 Å². The first-order chi connectivity index (χ1) is 18.2. The number of amides is 1. The third-order valence-electron chi connectivity index (χ3n) is 6.31. The molecule has 0 radical (unpaired) electrons. The highest BCUT2D eigenvalue weighted by molar-refractivity contribution is 7.88. The highest BCUT2D eigenvalue weighted by atomic mass is 35.5. The maximum absolute atomic E-state index is 15.3. The van der Waals surface area contributed by atoms with Crippen molar-refractivity contribution in [3.8, 4) is 11.3 Å². The largest absolute Gasteiger partial charge is 0.444 e. The molecule has 0 bridgehead atoms. The normalized spacial score (nSPS) is 16.2. The van der Waals surface area contributed by atoms with Crippen LogP contribution in [0.5, 0.6) is 0 Å². The molecule has 210 valence electrons. The predicted molar refractivity (Wildman–Crippen MR) is 149 cm³/mol. The van der Waals surface area contributed by atoms with Crippen LogP contribution in [-0.2, 0) is 14.8 Å². The van der Waals surface area contributed by atoms with Gasteiger partial charge in [-0.15, -0.1) is 0 Å². The summed E-state index contributed by atoms with van der Waals surface area (Å²) in [5.41, 5.74) is 0.874. The summed E-state index contributed by atoms with van der Waals surface area (Å²) in [6.45, 7) is 7.89. The van der Waals surface area contributed by atoms with Crippen molar-refractivity contribution in [3.05, 3.63) is 47.0 Å². The number of benzene rings is 1. The van der Waals surface area contributed by atoms with Crippen molar-refractivity contribution < 1.29 is 22.3 Å². The lowest BCUT2D eigenvalue weighted by Crippen LogP contribution is -2.42. The number of carbonyl (C=O) groups excluding carboxylic acids is 1. The van der Waals surface area contributed by atoms with E-state index < -0.39 is 33.6 Å². The summed E-state index contributed by atoms with van der Waals surface area (Å²) < 4.78 is 45.7. The second-order valence-electron chi connectivity index (χ2n) is 10.6. The molecule has 1 saturated heterocycles. The molecule has 1 atom stereocenters. The average molecular weight is 579 g/mol. The van der Waals surface area contributed by atoms with E-state index in [4.69, 9.17) is 16.3 Å². The summed E-state index contributed by atoms with van der Waals surface area (Å²) in [5, 5.41) is 6.76. The summed E-state index contributed by atoms with van der Waals surface area (Å²) in [6, 6.07) is 4.23. The van der Waals surface area contributed by atoms with Crippen LogP contribution in [0.1, 0.15) is 52.1 Å². The van der Waals surface area contributed by atoms with Gasteiger partial charge in [-0.1, -0.05) is 11.6 Å². The number of ether oxygens (including phenoxy) is 1. The Balaban J connectivity index is 1.61. The number of alkyl carbamates (subject to hydrolysis) is 1. The smallest absolute Gasteiger partial charge is 0.408 e. The third-order valence-corrected chi connectivity index (χ3v) is 7.89. The molecule has 2 aromatic heterocycles. The summed E-state index contributed by atoms with van der Waals surface area (Å²) in [4.78, 5) is 25.4. The number of rotatable bonds is 6. The molecule has 1 aliphatic rings. The van der Waals surface area contributed by atoms with Gasteiger partial charge in [0, 0.05) is 36.3 Å². The van der Waals surface area contributed by atoms with Crippen molar-refractivity contribution in [2.24, 2.45) is 0 Å². The van der Waals surface area contributed by atoms with E-state index in [2.05, 4.69) is 25.6 Å². The molecule has 4 rings (SSSR count). The number of fused-ring (bicyclic) bond motifs is 1. The van der Waals surface area contributed by atoms with Gasteiger partial charge in [-0.05, 0) is 64.3 Å². The van der Waals surface area contributed by atoms with Gasteiger partial charge in [0.1, 0.15) is 16.9 Å². The summed E-state index contributed by atoms with van der Waals surface area (Å²) in [6.07, 6.45) is 4.73. The zero-order chi connectivity index (χ0) is 28.5. The van der Waals surface area contributed by atoms with Gasteiger partial charge in [-0.2, -0.15) is 0 Å². The first-order valence-corrected chi connectivity index (χ1v) is 14.8. The van der Waals surface area contributed by atoms with Gasteiger partial charge in [0.05, 0.1) is 29.2 Å². The van der Waals surface area contributed by atoms with Gasteiger partial charge < -0.3 is 15.4 Å². The van der Waals surface area contributed by atoms with Crippen molar-refractivity contribution in [2.75, 3.05) is 24.7 Å². The van der Waals surface area contributed by atoms with Gasteiger partial charge in [-0.3, -0.25) is 4.98 Å². The molecule has 13 heteroatoms. The molecule has 1 aliphatic heterocycles. The molecule has 1 amide bonds. The number of hydrogen-bond acceptors (Lipinski definition) is 8. The van der Waals surface area contributed by atoms with Crippen LogP contribution in [0.25, 0.3) is 22.2 Å². The number of nitrogens with zero attached hydrogens (tertiary/aromatic N) is 4. The first-order valence-electron chi connectivity index (χ1n) is 12.5. The Morgan fingerprint density at radius 2 is 1.92 bits per heavy atom. The Labute approximate surface area is 232 Å². The molecule has 10 nitrogen and oxygen atoms in total. The maximum Gasteiger partial charge on any atom is 0.408 e. The van der Waals surface area contributed by atoms with Gasteiger partial charge >= 0.3 is 6.09 Å². The summed E-state index contributed by atoms with van der Waals surface area (Å²) >= 11 is 6.44. The minimum atomic E-state index is -3.23. The van der Waals surface area contributed by atoms with E-state index in [0.29, 0.717) is 54.1 Å². The monoisotopic (exact) mass is 578 g/mol. The Morgan fingerprint density at radius 3 is 2.56 bits per heavy atom. The Bertz CT molecular complexity index is 1490. The second-order valence-corrected chi connectivity index (χ2v) is 13.0. The molecule has 1 fully saturated rings. The lowest BCUT2D eigenvalue weighted by atomic mass is 9.99. The molecule has 3 heterocycles. The average Bonchev–Trinajstić information content (AvgIpc) is 2.83. The maximum atomic E-state index is 15.3. The molecule has 0 saturated carbocycles. The molecule has 0 spiro atoms. The standard InChI is InChI=1S/C26H32ClFN6O4S/c1-15(31-25(35)38-26(2,3)4)18-6-9-29-23-19(18)12-16(13-21(23)28)22-20(27)14-30-24(33-22)32-17-7-10-34(11-8-17)39(5,36)37/h6,9,12-15,17H,7-8,10-11H2,1-5H3,(H,31,35)(H,30,32,33). The summed E-state index contributed by atoms with van der Waals surface area (Å²) in [7, 11) is -3.23. The minimum Gasteiger partial charge on any atom is -0.444 e. The Kier molecular flexibility index (Phi) is 8.29. The lowest BCUT2D eigenvalue weighted by Gasteiger charge is -2.30. The van der Waals surface area contributed by atoms with Crippen LogP contribution in [-0.4, -0.2) is 64.8 Å². The van der Waals surface area contributed by atoms with Crippen LogP contribution in [0.15, 0.2) is 30.6 Å². The predicted octanol–water partition coefficient (Wildman–Crippen LogP) is 4.91. The molecule has 3 aromatic rings. The van der Waals surface area contributed by atoms with Crippen molar-refractivity contribution in [1.82, 2.24) is 24.6 Å². The molecule has 0 aliphatic carbocycles. The molecule has 2 N–H and O–H groups in total. The lowest BCUT2D eigenvalue weighted by molar-refractivity contribution is 0.0508. The molecule has 1 aromatic carbocycles. The van der Waals surface area contributed by atoms with Crippen LogP contribution in [0.2, 0.25) is 5.02 Å². The van der Waals surface area contributed by atoms with Crippen molar-refractivity contribution in [1.29, 1.82) is 0 Å². The fourth-order valence-corrected chi connectivity index (χ4v) is 5.54. The number of hydrogen-bond donors (Lipinski definition) is 2. The van der Waals surface area contributed by atoms with E-state index in [1.54, 1.807) is 39.8 Å². The number of pyridine rings is 1. The highest BCUT2D eigenvalue weighted by Gasteiger charge is 2.26.